The van der Waals surface area contributed by atoms with E-state index in [4.69, 9.17) is 14.8 Å². The van der Waals surface area contributed by atoms with Crippen LogP contribution in [0.5, 0.6) is 0 Å². The maximum Gasteiger partial charge on any atom is 0.245 e. The molecule has 152 valence electrons. The van der Waals surface area contributed by atoms with E-state index in [9.17, 15) is 13.2 Å². The van der Waals surface area contributed by atoms with Gasteiger partial charge in [0.15, 0.2) is 11.7 Å². The molecule has 0 spiro atoms. The number of oxazole rings is 1. The summed E-state index contributed by atoms with van der Waals surface area (Å²) in [6, 6.07) is 15.5. The Bertz CT molecular complexity index is 1090. The van der Waals surface area contributed by atoms with Crippen LogP contribution in [0.1, 0.15) is 18.7 Å². The van der Waals surface area contributed by atoms with E-state index in [1.54, 1.807) is 12.1 Å². The van der Waals surface area contributed by atoms with Gasteiger partial charge in [-0.3, -0.25) is 10.0 Å². The number of aromatic nitrogens is 1. The second-order valence-electron chi connectivity index (χ2n) is 6.49. The lowest BCUT2D eigenvalue weighted by Gasteiger charge is -2.06. The average Bonchev–Trinajstić information content (AvgIpc) is 3.12. The standard InChI is InChI=1S/C20H21N3O5S/c1-23(25)18(24)9-5-8-17-22-19(14-6-3-2-4-7-14)20(28-17)15-10-12-16(13-11-15)29(21,26)27/h2-4,6-7,10-13,25H,5,8-9H2,1H3,(H2,21,26,27). The molecule has 3 aromatic rings. The quantitative estimate of drug-likeness (QED) is 0.451. The molecule has 0 aliphatic rings. The molecule has 29 heavy (non-hydrogen) atoms. The number of hydrogen-bond donors (Lipinski definition) is 2. The first kappa shape index (κ1) is 20.7. The summed E-state index contributed by atoms with van der Waals surface area (Å²) < 4.78 is 28.9. The zero-order valence-corrected chi connectivity index (χ0v) is 16.6. The first-order chi connectivity index (χ1) is 13.8. The summed E-state index contributed by atoms with van der Waals surface area (Å²) in [5.41, 5.74) is 2.12. The number of carbonyl (C=O) groups is 1. The van der Waals surface area contributed by atoms with Crippen molar-refractivity contribution in [2.75, 3.05) is 7.05 Å². The van der Waals surface area contributed by atoms with Gasteiger partial charge in [0.05, 0.1) is 4.90 Å². The number of hydrogen-bond acceptors (Lipinski definition) is 6. The van der Waals surface area contributed by atoms with Gasteiger partial charge in [-0.25, -0.2) is 23.6 Å². The largest absolute Gasteiger partial charge is 0.440 e. The maximum absolute atomic E-state index is 11.5. The average molecular weight is 415 g/mol. The molecular weight excluding hydrogens is 394 g/mol. The monoisotopic (exact) mass is 415 g/mol. The zero-order chi connectivity index (χ0) is 21.0. The van der Waals surface area contributed by atoms with Crippen LogP contribution in [0.15, 0.2) is 63.9 Å². The number of sulfonamides is 1. The summed E-state index contributed by atoms with van der Waals surface area (Å²) in [6.07, 6.45) is 1.03. The van der Waals surface area contributed by atoms with Gasteiger partial charge < -0.3 is 4.42 Å². The SMILES string of the molecule is CN(O)C(=O)CCCc1nc(-c2ccccc2)c(-c2ccc(S(N)(=O)=O)cc2)o1. The lowest BCUT2D eigenvalue weighted by atomic mass is 10.1. The summed E-state index contributed by atoms with van der Waals surface area (Å²) in [4.78, 5) is 16.1. The number of benzene rings is 2. The van der Waals surface area contributed by atoms with E-state index >= 15 is 0 Å². The van der Waals surface area contributed by atoms with Gasteiger partial charge in [0, 0.05) is 31.0 Å². The summed E-state index contributed by atoms with van der Waals surface area (Å²) in [6.45, 7) is 0. The third-order valence-electron chi connectivity index (χ3n) is 4.31. The number of aryl methyl sites for hydroxylation is 1. The van der Waals surface area contributed by atoms with Crippen LogP contribution in [-0.4, -0.2) is 36.6 Å². The predicted octanol–water partition coefficient (Wildman–Crippen LogP) is 2.83. The van der Waals surface area contributed by atoms with Crippen LogP contribution in [0.3, 0.4) is 0 Å². The van der Waals surface area contributed by atoms with Crippen molar-refractivity contribution in [3.8, 4) is 22.6 Å². The van der Waals surface area contributed by atoms with Crippen molar-refractivity contribution < 1.29 is 22.8 Å². The number of amides is 1. The summed E-state index contributed by atoms with van der Waals surface area (Å²) in [5, 5.41) is 14.9. The molecule has 2 aromatic carbocycles. The second-order valence-corrected chi connectivity index (χ2v) is 8.05. The van der Waals surface area contributed by atoms with E-state index in [1.165, 1.54) is 19.2 Å². The molecule has 0 bridgehead atoms. The Morgan fingerprint density at radius 1 is 1.10 bits per heavy atom. The molecule has 0 radical (unpaired) electrons. The van der Waals surface area contributed by atoms with Crippen LogP contribution in [-0.2, 0) is 21.2 Å². The van der Waals surface area contributed by atoms with Crippen LogP contribution < -0.4 is 5.14 Å². The number of hydroxylamine groups is 2. The smallest absolute Gasteiger partial charge is 0.245 e. The highest BCUT2D eigenvalue weighted by Crippen LogP contribution is 2.33. The van der Waals surface area contributed by atoms with Crippen molar-refractivity contribution in [1.82, 2.24) is 10.0 Å². The molecule has 1 heterocycles. The van der Waals surface area contributed by atoms with Crippen LogP contribution in [0.25, 0.3) is 22.6 Å². The van der Waals surface area contributed by atoms with E-state index in [2.05, 4.69) is 4.98 Å². The predicted molar refractivity (Wildman–Crippen MR) is 106 cm³/mol. The molecule has 0 fully saturated rings. The highest BCUT2D eigenvalue weighted by molar-refractivity contribution is 7.89. The molecule has 1 amide bonds. The molecule has 3 rings (SSSR count). The minimum Gasteiger partial charge on any atom is -0.440 e. The first-order valence-electron chi connectivity index (χ1n) is 8.89. The van der Waals surface area contributed by atoms with Gasteiger partial charge in [-0.05, 0) is 30.7 Å². The Kier molecular flexibility index (Phi) is 6.12. The van der Waals surface area contributed by atoms with Crippen molar-refractivity contribution in [3.05, 3.63) is 60.5 Å². The minimum absolute atomic E-state index is 0.00823. The van der Waals surface area contributed by atoms with E-state index < -0.39 is 15.9 Å². The van der Waals surface area contributed by atoms with Crippen LogP contribution in [0.4, 0.5) is 0 Å². The van der Waals surface area contributed by atoms with Crippen LogP contribution >= 0.6 is 0 Å². The zero-order valence-electron chi connectivity index (χ0n) is 15.8. The van der Waals surface area contributed by atoms with Gasteiger partial charge in [0.25, 0.3) is 0 Å². The van der Waals surface area contributed by atoms with Crippen molar-refractivity contribution >= 4 is 15.9 Å². The molecule has 0 unspecified atom stereocenters. The normalized spacial score (nSPS) is 11.4. The van der Waals surface area contributed by atoms with Crippen molar-refractivity contribution in [1.29, 1.82) is 0 Å². The number of carbonyl (C=O) groups excluding carboxylic acids is 1. The third-order valence-corrected chi connectivity index (χ3v) is 5.24. The fraction of sp³-hybridized carbons (Fsp3) is 0.200. The molecule has 0 aliphatic heterocycles. The van der Waals surface area contributed by atoms with E-state index in [-0.39, 0.29) is 11.3 Å². The van der Waals surface area contributed by atoms with Gasteiger partial charge in [0.1, 0.15) is 5.69 Å². The number of nitrogens with zero attached hydrogens (tertiary/aromatic N) is 2. The van der Waals surface area contributed by atoms with Crippen LogP contribution in [0, 0.1) is 0 Å². The molecule has 0 saturated heterocycles. The molecule has 0 aliphatic carbocycles. The van der Waals surface area contributed by atoms with Crippen LogP contribution in [0.2, 0.25) is 0 Å². The van der Waals surface area contributed by atoms with Gasteiger partial charge >= 0.3 is 0 Å². The van der Waals surface area contributed by atoms with Gasteiger partial charge in [-0.15, -0.1) is 0 Å². The lowest BCUT2D eigenvalue weighted by Crippen LogP contribution is -2.22. The Hall–Kier alpha value is -3.01. The Balaban J connectivity index is 1.92. The molecule has 8 nitrogen and oxygen atoms in total. The summed E-state index contributed by atoms with van der Waals surface area (Å²) in [7, 11) is -2.51. The number of primary sulfonamides is 1. The first-order valence-corrected chi connectivity index (χ1v) is 10.4. The molecule has 9 heteroatoms. The topological polar surface area (TPSA) is 127 Å². The molecule has 0 saturated carbocycles. The third kappa shape index (κ3) is 5.08. The van der Waals surface area contributed by atoms with Gasteiger partial charge in [-0.1, -0.05) is 30.3 Å². The fourth-order valence-electron chi connectivity index (χ4n) is 2.81. The number of rotatable bonds is 7. The molecule has 1 aromatic heterocycles. The fourth-order valence-corrected chi connectivity index (χ4v) is 3.32. The Morgan fingerprint density at radius 3 is 2.34 bits per heavy atom. The van der Waals surface area contributed by atoms with Crippen molar-refractivity contribution in [2.45, 2.75) is 24.2 Å². The molecule has 0 atom stereocenters. The van der Waals surface area contributed by atoms with E-state index in [0.717, 1.165) is 5.56 Å². The molecular formula is C20H21N3O5S. The minimum atomic E-state index is -3.79. The lowest BCUT2D eigenvalue weighted by molar-refractivity contribution is -0.159. The Morgan fingerprint density at radius 2 is 1.76 bits per heavy atom. The van der Waals surface area contributed by atoms with Crippen molar-refractivity contribution in [3.63, 3.8) is 0 Å². The second kappa shape index (κ2) is 8.56. The Labute approximate surface area is 168 Å². The van der Waals surface area contributed by atoms with E-state index in [1.807, 2.05) is 30.3 Å². The highest BCUT2D eigenvalue weighted by Gasteiger charge is 2.18. The number of nitrogens with two attached hydrogens (primary N) is 1. The van der Waals surface area contributed by atoms with E-state index in [0.29, 0.717) is 40.8 Å². The summed E-state index contributed by atoms with van der Waals surface area (Å²) in [5.74, 6) is 0.555. The highest BCUT2D eigenvalue weighted by atomic mass is 32.2. The van der Waals surface area contributed by atoms with Gasteiger partial charge in [0.2, 0.25) is 15.9 Å². The van der Waals surface area contributed by atoms with Gasteiger partial charge in [-0.2, -0.15) is 0 Å². The van der Waals surface area contributed by atoms with Crippen molar-refractivity contribution in [2.24, 2.45) is 5.14 Å². The molecule has 3 N–H and O–H groups in total. The maximum atomic E-state index is 11.5. The summed E-state index contributed by atoms with van der Waals surface area (Å²) >= 11 is 0.